The van der Waals surface area contributed by atoms with E-state index in [0.29, 0.717) is 6.54 Å². The summed E-state index contributed by atoms with van der Waals surface area (Å²) in [6.07, 6.45) is 4.66. The van der Waals surface area contributed by atoms with Gasteiger partial charge in [-0.2, -0.15) is 4.90 Å². The molecule has 2 aromatic rings. The molecule has 130 valence electrons. The second-order valence-electron chi connectivity index (χ2n) is 7.09. The van der Waals surface area contributed by atoms with Crippen LogP contribution in [0.15, 0.2) is 53.0 Å². The Kier molecular flexibility index (Phi) is 4.42. The summed E-state index contributed by atoms with van der Waals surface area (Å²) >= 11 is 3.50. The van der Waals surface area contributed by atoms with E-state index in [2.05, 4.69) is 56.6 Å². The van der Waals surface area contributed by atoms with Crippen LogP contribution >= 0.6 is 15.9 Å². The molecule has 1 N–H and O–H groups in total. The Morgan fingerprint density at radius 3 is 2.56 bits per heavy atom. The van der Waals surface area contributed by atoms with Crippen molar-refractivity contribution in [1.82, 2.24) is 0 Å². The summed E-state index contributed by atoms with van der Waals surface area (Å²) in [5.41, 5.74) is 2.21. The van der Waals surface area contributed by atoms with E-state index >= 15 is 0 Å². The normalized spacial score (nSPS) is 23.6. The molecule has 3 nitrogen and oxygen atoms in total. The molecule has 0 fully saturated rings. The minimum Gasteiger partial charge on any atom is -0.346 e. The van der Waals surface area contributed by atoms with Gasteiger partial charge in [0, 0.05) is 16.5 Å². The minimum atomic E-state index is -1.03. The third-order valence-electron chi connectivity index (χ3n) is 5.40. The van der Waals surface area contributed by atoms with Crippen molar-refractivity contribution in [3.05, 3.63) is 64.1 Å². The Bertz CT molecular complexity index is 815. The lowest BCUT2D eigenvalue weighted by Gasteiger charge is -2.30. The van der Waals surface area contributed by atoms with Crippen molar-refractivity contribution in [3.8, 4) is 0 Å². The minimum absolute atomic E-state index is 0.623. The fourth-order valence-corrected chi connectivity index (χ4v) is 4.38. The topological polar surface area (TPSA) is 26.5 Å². The number of benzene rings is 2. The lowest BCUT2D eigenvalue weighted by molar-refractivity contribution is -0.534. The average Bonchev–Trinajstić information content (AvgIpc) is 2.74. The van der Waals surface area contributed by atoms with Crippen LogP contribution in [0.4, 0.5) is 5.69 Å². The van der Waals surface area contributed by atoms with Crippen LogP contribution in [0.1, 0.15) is 36.8 Å². The number of hydrogen-bond donors (Lipinski definition) is 1. The molecule has 0 bridgehead atoms. The van der Waals surface area contributed by atoms with Crippen molar-refractivity contribution in [3.63, 3.8) is 0 Å². The number of aryl methyl sites for hydroxylation is 1. The number of amidine groups is 1. The quantitative estimate of drug-likeness (QED) is 0.756. The van der Waals surface area contributed by atoms with Gasteiger partial charge in [0.2, 0.25) is 0 Å². The van der Waals surface area contributed by atoms with Gasteiger partial charge < -0.3 is 5.11 Å². The van der Waals surface area contributed by atoms with Crippen LogP contribution in [0.5, 0.6) is 0 Å². The molecule has 0 spiro atoms. The number of para-hydroxylation sites is 1. The number of nitrogens with zero attached hydrogens (tertiary/aromatic N) is 2. The zero-order valence-corrected chi connectivity index (χ0v) is 16.2. The number of hydrogen-bond acceptors (Lipinski definition) is 2. The van der Waals surface area contributed by atoms with E-state index in [1.165, 1.54) is 30.7 Å². The molecule has 0 radical (unpaired) electrons. The Morgan fingerprint density at radius 1 is 1.04 bits per heavy atom. The second kappa shape index (κ2) is 6.58. The first-order chi connectivity index (χ1) is 12.1. The molecule has 2 aliphatic heterocycles. The van der Waals surface area contributed by atoms with Gasteiger partial charge in [0.05, 0.1) is 6.54 Å². The first-order valence-electron chi connectivity index (χ1n) is 9.05. The largest absolute Gasteiger partial charge is 0.346 e. The fourth-order valence-electron chi connectivity index (χ4n) is 4.11. The summed E-state index contributed by atoms with van der Waals surface area (Å²) in [6, 6.07) is 16.4. The molecule has 2 aromatic carbocycles. The van der Waals surface area contributed by atoms with Crippen molar-refractivity contribution >= 4 is 27.5 Å². The first-order valence-corrected chi connectivity index (χ1v) is 9.84. The van der Waals surface area contributed by atoms with Crippen LogP contribution in [0.3, 0.4) is 0 Å². The highest BCUT2D eigenvalue weighted by atomic mass is 79.9. The van der Waals surface area contributed by atoms with Gasteiger partial charge in [0.25, 0.3) is 11.6 Å². The zero-order valence-electron chi connectivity index (χ0n) is 14.6. The van der Waals surface area contributed by atoms with Gasteiger partial charge in [-0.15, -0.1) is 0 Å². The van der Waals surface area contributed by atoms with Gasteiger partial charge >= 0.3 is 0 Å². The van der Waals surface area contributed by atoms with E-state index in [-0.39, 0.29) is 0 Å². The van der Waals surface area contributed by atoms with Gasteiger partial charge in [-0.3, -0.25) is 4.58 Å². The summed E-state index contributed by atoms with van der Waals surface area (Å²) < 4.78 is 3.42. The molecule has 0 amide bonds. The smallest absolute Gasteiger partial charge is 0.275 e. The molecule has 1 unspecified atom stereocenters. The average molecular weight is 400 g/mol. The molecular formula is C21H24BrN2O+. The zero-order chi connectivity index (χ0) is 17.4. The first kappa shape index (κ1) is 16.8. The predicted octanol–water partition coefficient (Wildman–Crippen LogP) is 4.41. The molecular weight excluding hydrogens is 376 g/mol. The van der Waals surface area contributed by atoms with Gasteiger partial charge in [-0.25, -0.2) is 0 Å². The standard InChI is InChI=1S/C21H24BrN2O/c1-16-7-4-5-8-19(16)24-20-9-3-2-6-14-23(20)15-21(24,25)17-10-12-18(22)13-11-17/h4-5,7-8,10-13,25H,2-3,6,9,14-15H2,1H3/q+1. The SMILES string of the molecule is Cc1ccccc1N1C2=[N+](CCCCC2)CC1(O)c1ccc(Br)cc1. The van der Waals surface area contributed by atoms with Crippen molar-refractivity contribution in [1.29, 1.82) is 0 Å². The molecule has 0 aromatic heterocycles. The Labute approximate surface area is 157 Å². The van der Waals surface area contributed by atoms with E-state index in [9.17, 15) is 5.11 Å². The molecule has 2 aliphatic rings. The summed E-state index contributed by atoms with van der Waals surface area (Å²) in [6.45, 7) is 3.77. The molecule has 0 saturated heterocycles. The third-order valence-corrected chi connectivity index (χ3v) is 5.92. The Hall–Kier alpha value is -1.65. The van der Waals surface area contributed by atoms with E-state index in [4.69, 9.17) is 0 Å². The fraction of sp³-hybridized carbons (Fsp3) is 0.381. The number of halogens is 1. The molecule has 0 aliphatic carbocycles. The number of aliphatic hydroxyl groups is 1. The Morgan fingerprint density at radius 2 is 1.80 bits per heavy atom. The molecule has 1 atom stereocenters. The molecule has 4 heteroatoms. The highest BCUT2D eigenvalue weighted by molar-refractivity contribution is 9.10. The van der Waals surface area contributed by atoms with Crippen molar-refractivity contribution in [2.45, 2.75) is 38.3 Å². The maximum absolute atomic E-state index is 11.9. The van der Waals surface area contributed by atoms with Crippen LogP contribution < -0.4 is 4.90 Å². The van der Waals surface area contributed by atoms with Crippen LogP contribution in [0.2, 0.25) is 0 Å². The van der Waals surface area contributed by atoms with Gasteiger partial charge in [-0.05, 0) is 49.9 Å². The van der Waals surface area contributed by atoms with E-state index < -0.39 is 5.72 Å². The Balaban J connectivity index is 1.86. The van der Waals surface area contributed by atoms with Gasteiger partial charge in [0.15, 0.2) is 6.54 Å². The van der Waals surface area contributed by atoms with Crippen LogP contribution in [0.25, 0.3) is 0 Å². The number of rotatable bonds is 2. The van der Waals surface area contributed by atoms with E-state index in [0.717, 1.165) is 28.7 Å². The summed E-state index contributed by atoms with van der Waals surface area (Å²) in [5.74, 6) is 1.26. The van der Waals surface area contributed by atoms with E-state index in [1.807, 2.05) is 24.3 Å². The molecule has 2 heterocycles. The van der Waals surface area contributed by atoms with Crippen molar-refractivity contribution < 1.29 is 9.68 Å². The number of anilines is 1. The second-order valence-corrected chi connectivity index (χ2v) is 8.01. The molecule has 0 saturated carbocycles. The third kappa shape index (κ3) is 2.91. The van der Waals surface area contributed by atoms with Crippen LogP contribution in [-0.4, -0.2) is 28.6 Å². The van der Waals surface area contributed by atoms with E-state index in [1.54, 1.807) is 0 Å². The van der Waals surface area contributed by atoms with Gasteiger partial charge in [0.1, 0.15) is 5.69 Å². The van der Waals surface area contributed by atoms with Crippen molar-refractivity contribution in [2.24, 2.45) is 0 Å². The van der Waals surface area contributed by atoms with Crippen LogP contribution in [-0.2, 0) is 5.72 Å². The summed E-state index contributed by atoms with van der Waals surface area (Å²) in [7, 11) is 0. The maximum atomic E-state index is 11.9. The monoisotopic (exact) mass is 399 g/mol. The summed E-state index contributed by atoms with van der Waals surface area (Å²) in [4.78, 5) is 2.19. The predicted molar refractivity (Wildman–Crippen MR) is 105 cm³/mol. The summed E-state index contributed by atoms with van der Waals surface area (Å²) in [5, 5.41) is 11.9. The van der Waals surface area contributed by atoms with Crippen molar-refractivity contribution in [2.75, 3.05) is 18.0 Å². The lowest BCUT2D eigenvalue weighted by Crippen LogP contribution is -2.47. The highest BCUT2D eigenvalue weighted by Crippen LogP contribution is 2.39. The maximum Gasteiger partial charge on any atom is 0.275 e. The van der Waals surface area contributed by atoms with Crippen LogP contribution in [0, 0.1) is 6.92 Å². The lowest BCUT2D eigenvalue weighted by atomic mass is 9.99. The van der Waals surface area contributed by atoms with Gasteiger partial charge in [-0.1, -0.05) is 46.3 Å². The molecule has 25 heavy (non-hydrogen) atoms. The highest BCUT2D eigenvalue weighted by Gasteiger charge is 2.54. The molecule has 4 rings (SSSR count).